The molecular weight excluding hydrogens is 330 g/mol. The van der Waals surface area contributed by atoms with Gasteiger partial charge in [-0.2, -0.15) is 0 Å². The van der Waals surface area contributed by atoms with Crippen LogP contribution in [0.15, 0.2) is 6.07 Å². The molecule has 23 heavy (non-hydrogen) atoms. The summed E-state index contributed by atoms with van der Waals surface area (Å²) in [4.78, 5) is 19.9. The fourth-order valence-electron chi connectivity index (χ4n) is 4.02. The van der Waals surface area contributed by atoms with E-state index >= 15 is 0 Å². The first-order valence-electron chi connectivity index (χ1n) is 8.67. The van der Waals surface area contributed by atoms with Gasteiger partial charge < -0.3 is 10.2 Å². The number of hydrogen-bond acceptors (Lipinski definition) is 4. The molecule has 6 heteroatoms. The van der Waals surface area contributed by atoms with E-state index < -0.39 is 0 Å². The molecule has 1 aliphatic carbocycles. The molecule has 0 aromatic carbocycles. The lowest BCUT2D eigenvalue weighted by Gasteiger charge is -2.32. The Morgan fingerprint density at radius 2 is 1.96 bits per heavy atom. The van der Waals surface area contributed by atoms with Gasteiger partial charge in [-0.1, -0.05) is 0 Å². The number of amides is 1. The molecule has 1 aromatic rings. The highest BCUT2D eigenvalue weighted by Gasteiger charge is 2.32. The third-order valence-electron chi connectivity index (χ3n) is 5.33. The van der Waals surface area contributed by atoms with Gasteiger partial charge in [-0.3, -0.25) is 9.69 Å². The molecule has 1 amide bonds. The van der Waals surface area contributed by atoms with Crippen molar-refractivity contribution in [2.75, 3.05) is 39.3 Å². The first-order valence-corrected chi connectivity index (χ1v) is 9.48. The maximum atomic E-state index is 12.8. The lowest BCUT2D eigenvalue weighted by Crippen LogP contribution is -2.49. The number of likely N-dealkylation sites (tertiary alicyclic amines) is 1. The van der Waals surface area contributed by atoms with Crippen LogP contribution in [0.25, 0.3) is 0 Å². The SMILES string of the molecule is Cl.O=C(c1cc2c(s1)CCCC2)N1CCC(N2CCNCC2)C1. The smallest absolute Gasteiger partial charge is 0.263 e. The minimum atomic E-state index is 0. The number of piperazine rings is 1. The number of carbonyl (C=O) groups excluding carboxylic acids is 1. The van der Waals surface area contributed by atoms with Crippen molar-refractivity contribution in [3.63, 3.8) is 0 Å². The molecular formula is C17H26ClN3OS. The summed E-state index contributed by atoms with van der Waals surface area (Å²) in [5.74, 6) is 0.275. The van der Waals surface area contributed by atoms with E-state index in [1.807, 2.05) is 0 Å². The van der Waals surface area contributed by atoms with Gasteiger partial charge in [-0.25, -0.2) is 0 Å². The number of thiophene rings is 1. The summed E-state index contributed by atoms with van der Waals surface area (Å²) in [7, 11) is 0. The number of carbonyl (C=O) groups is 1. The second-order valence-electron chi connectivity index (χ2n) is 6.75. The maximum Gasteiger partial charge on any atom is 0.263 e. The Labute approximate surface area is 148 Å². The van der Waals surface area contributed by atoms with Gasteiger partial charge in [0.05, 0.1) is 4.88 Å². The van der Waals surface area contributed by atoms with Crippen LogP contribution < -0.4 is 5.32 Å². The van der Waals surface area contributed by atoms with Crippen molar-refractivity contribution in [3.05, 3.63) is 21.4 Å². The molecule has 2 fully saturated rings. The monoisotopic (exact) mass is 355 g/mol. The molecule has 128 valence electrons. The summed E-state index contributed by atoms with van der Waals surface area (Å²) in [6.07, 6.45) is 6.05. The van der Waals surface area contributed by atoms with Crippen molar-refractivity contribution in [2.45, 2.75) is 38.1 Å². The standard InChI is InChI=1S/C17H25N3OS.ClH/c21-17(16-11-13-3-1-2-4-15(13)22-16)20-8-5-14(12-20)19-9-6-18-7-10-19;/h11,14,18H,1-10,12H2;1H. The highest BCUT2D eigenvalue weighted by Crippen LogP contribution is 2.31. The second-order valence-corrected chi connectivity index (χ2v) is 7.88. The van der Waals surface area contributed by atoms with E-state index in [-0.39, 0.29) is 18.3 Å². The minimum Gasteiger partial charge on any atom is -0.336 e. The molecule has 4 rings (SSSR count). The molecule has 4 nitrogen and oxygen atoms in total. The van der Waals surface area contributed by atoms with Crippen LogP contribution in [0.4, 0.5) is 0 Å². The Balaban J connectivity index is 0.00000156. The van der Waals surface area contributed by atoms with Crippen LogP contribution in [-0.2, 0) is 12.8 Å². The molecule has 2 saturated heterocycles. The first-order chi connectivity index (χ1) is 10.8. The first kappa shape index (κ1) is 17.2. The van der Waals surface area contributed by atoms with Gasteiger partial charge in [0.1, 0.15) is 0 Å². The van der Waals surface area contributed by atoms with Crippen molar-refractivity contribution in [1.82, 2.24) is 15.1 Å². The van der Waals surface area contributed by atoms with E-state index in [0.717, 1.165) is 50.6 Å². The minimum absolute atomic E-state index is 0. The van der Waals surface area contributed by atoms with Crippen LogP contribution in [0.1, 0.15) is 39.4 Å². The number of rotatable bonds is 2. The Hall–Kier alpha value is -0.620. The van der Waals surface area contributed by atoms with Crippen LogP contribution in [0, 0.1) is 0 Å². The molecule has 0 bridgehead atoms. The molecule has 0 spiro atoms. The molecule has 2 aliphatic heterocycles. The van der Waals surface area contributed by atoms with Gasteiger partial charge >= 0.3 is 0 Å². The summed E-state index contributed by atoms with van der Waals surface area (Å²) in [5, 5.41) is 3.41. The van der Waals surface area contributed by atoms with E-state index in [1.54, 1.807) is 11.3 Å². The highest BCUT2D eigenvalue weighted by molar-refractivity contribution is 7.14. The zero-order chi connectivity index (χ0) is 14.9. The van der Waals surface area contributed by atoms with Crippen LogP contribution in [-0.4, -0.2) is 61.0 Å². The second kappa shape index (κ2) is 7.51. The molecule has 0 saturated carbocycles. The fourth-order valence-corrected chi connectivity index (χ4v) is 5.25. The van der Waals surface area contributed by atoms with Gasteiger partial charge in [0.2, 0.25) is 0 Å². The lowest BCUT2D eigenvalue weighted by molar-refractivity contribution is 0.0778. The third kappa shape index (κ3) is 3.58. The number of nitrogens with one attached hydrogen (secondary N) is 1. The number of hydrogen-bond donors (Lipinski definition) is 1. The van der Waals surface area contributed by atoms with E-state index in [4.69, 9.17) is 0 Å². The van der Waals surface area contributed by atoms with Crippen molar-refractivity contribution in [1.29, 1.82) is 0 Å². The highest BCUT2D eigenvalue weighted by atomic mass is 35.5. The van der Waals surface area contributed by atoms with E-state index in [0.29, 0.717) is 6.04 Å². The Morgan fingerprint density at radius 1 is 1.17 bits per heavy atom. The largest absolute Gasteiger partial charge is 0.336 e. The molecule has 0 radical (unpaired) electrons. The molecule has 1 unspecified atom stereocenters. The van der Waals surface area contributed by atoms with E-state index in [9.17, 15) is 4.79 Å². The van der Waals surface area contributed by atoms with E-state index in [2.05, 4.69) is 21.2 Å². The average molecular weight is 356 g/mol. The summed E-state index contributed by atoms with van der Waals surface area (Å²) in [5.41, 5.74) is 1.44. The predicted molar refractivity (Wildman–Crippen MR) is 97.0 cm³/mol. The van der Waals surface area contributed by atoms with Gasteiger partial charge in [0.25, 0.3) is 5.91 Å². The summed E-state index contributed by atoms with van der Waals surface area (Å²) in [6.45, 7) is 6.27. The average Bonchev–Trinajstić information content (AvgIpc) is 3.22. The molecule has 1 atom stereocenters. The van der Waals surface area contributed by atoms with Crippen molar-refractivity contribution < 1.29 is 4.79 Å². The van der Waals surface area contributed by atoms with Crippen LogP contribution in [0.2, 0.25) is 0 Å². The zero-order valence-corrected chi connectivity index (χ0v) is 15.2. The number of aryl methyl sites for hydroxylation is 2. The Morgan fingerprint density at radius 3 is 2.74 bits per heavy atom. The lowest BCUT2D eigenvalue weighted by atomic mass is 9.99. The van der Waals surface area contributed by atoms with Gasteiger partial charge in [-0.15, -0.1) is 23.7 Å². The van der Waals surface area contributed by atoms with Crippen LogP contribution in [0.5, 0.6) is 0 Å². The molecule has 1 N–H and O–H groups in total. The Kier molecular flexibility index (Phi) is 5.62. The third-order valence-corrected chi connectivity index (χ3v) is 6.55. The Bertz CT molecular complexity index is 533. The molecule has 3 aliphatic rings. The summed E-state index contributed by atoms with van der Waals surface area (Å²) >= 11 is 1.75. The molecule has 3 heterocycles. The van der Waals surface area contributed by atoms with Crippen molar-refractivity contribution in [3.8, 4) is 0 Å². The summed E-state index contributed by atoms with van der Waals surface area (Å²) < 4.78 is 0. The normalized spacial score (nSPS) is 25.0. The quantitative estimate of drug-likeness (QED) is 0.883. The van der Waals surface area contributed by atoms with Crippen molar-refractivity contribution >= 4 is 29.7 Å². The summed E-state index contributed by atoms with van der Waals surface area (Å²) in [6, 6.07) is 2.75. The number of nitrogens with zero attached hydrogens (tertiary/aromatic N) is 2. The fraction of sp³-hybridized carbons (Fsp3) is 0.706. The maximum absolute atomic E-state index is 12.8. The van der Waals surface area contributed by atoms with Crippen LogP contribution >= 0.6 is 23.7 Å². The topological polar surface area (TPSA) is 35.6 Å². The number of fused-ring (bicyclic) bond motifs is 1. The number of halogens is 1. The van der Waals surface area contributed by atoms with Gasteiger partial charge in [0, 0.05) is 50.2 Å². The van der Waals surface area contributed by atoms with Gasteiger partial charge in [-0.05, 0) is 43.7 Å². The zero-order valence-electron chi connectivity index (χ0n) is 13.6. The predicted octanol–water partition coefficient (Wildman–Crippen LogP) is 2.17. The van der Waals surface area contributed by atoms with Gasteiger partial charge in [0.15, 0.2) is 0 Å². The van der Waals surface area contributed by atoms with E-state index in [1.165, 1.54) is 36.1 Å². The van der Waals surface area contributed by atoms with Crippen LogP contribution in [0.3, 0.4) is 0 Å². The molecule has 1 aromatic heterocycles. The van der Waals surface area contributed by atoms with Crippen molar-refractivity contribution in [2.24, 2.45) is 0 Å².